The molecule has 1 fully saturated rings. The average molecular weight is 241 g/mol. The minimum atomic E-state index is 0.0961. The van der Waals surface area contributed by atoms with Gasteiger partial charge in [-0.2, -0.15) is 0 Å². The molecule has 0 radical (unpaired) electrons. The number of rotatable bonds is 6. The van der Waals surface area contributed by atoms with Crippen LogP contribution in [-0.4, -0.2) is 19.3 Å². The highest BCUT2D eigenvalue weighted by atomic mass is 16.5. The maximum atomic E-state index is 6.49. The summed E-state index contributed by atoms with van der Waals surface area (Å²) in [7, 11) is 1.77. The first-order valence-electron chi connectivity index (χ1n) is 7.21. The van der Waals surface area contributed by atoms with Gasteiger partial charge in [-0.1, -0.05) is 27.2 Å². The summed E-state index contributed by atoms with van der Waals surface area (Å²) in [6.07, 6.45) is 8.53. The molecule has 0 aromatic heterocycles. The Bertz CT molecular complexity index is 217. The largest absolute Gasteiger partial charge is 0.385 e. The molecule has 2 heteroatoms. The van der Waals surface area contributed by atoms with Crippen molar-refractivity contribution in [2.75, 3.05) is 13.7 Å². The summed E-state index contributed by atoms with van der Waals surface area (Å²) in [5.74, 6) is 0.867. The van der Waals surface area contributed by atoms with Gasteiger partial charge in [0.25, 0.3) is 0 Å². The zero-order valence-corrected chi connectivity index (χ0v) is 12.2. The van der Waals surface area contributed by atoms with E-state index in [0.29, 0.717) is 5.41 Å². The lowest BCUT2D eigenvalue weighted by Crippen LogP contribution is -2.45. The summed E-state index contributed by atoms with van der Waals surface area (Å²) in [6, 6.07) is 0. The fourth-order valence-electron chi connectivity index (χ4n) is 3.08. The Balaban J connectivity index is 2.38. The normalized spacial score (nSPS) is 30.5. The lowest BCUT2D eigenvalue weighted by molar-refractivity contribution is 0.104. The van der Waals surface area contributed by atoms with Gasteiger partial charge in [-0.05, 0) is 49.9 Å². The Morgan fingerprint density at radius 2 is 1.88 bits per heavy atom. The molecule has 1 aliphatic rings. The molecule has 0 amide bonds. The summed E-state index contributed by atoms with van der Waals surface area (Å²) in [4.78, 5) is 0. The van der Waals surface area contributed by atoms with Crippen LogP contribution >= 0.6 is 0 Å². The van der Waals surface area contributed by atoms with Crippen LogP contribution in [0.15, 0.2) is 0 Å². The van der Waals surface area contributed by atoms with Gasteiger partial charge in [0.2, 0.25) is 0 Å². The molecule has 1 rings (SSSR count). The fourth-order valence-corrected chi connectivity index (χ4v) is 3.08. The molecule has 102 valence electrons. The molecule has 17 heavy (non-hydrogen) atoms. The number of hydrogen-bond acceptors (Lipinski definition) is 2. The molecular formula is C15H31NO. The van der Waals surface area contributed by atoms with Gasteiger partial charge in [0.05, 0.1) is 0 Å². The minimum absolute atomic E-state index is 0.0961. The van der Waals surface area contributed by atoms with Gasteiger partial charge < -0.3 is 10.5 Å². The lowest BCUT2D eigenvalue weighted by Gasteiger charge is -2.43. The molecule has 0 aromatic carbocycles. The van der Waals surface area contributed by atoms with Gasteiger partial charge in [-0.3, -0.25) is 0 Å². The second-order valence-corrected chi connectivity index (χ2v) is 6.58. The minimum Gasteiger partial charge on any atom is -0.385 e. The monoisotopic (exact) mass is 241 g/mol. The third-order valence-corrected chi connectivity index (χ3v) is 5.02. The maximum absolute atomic E-state index is 6.49. The third-order valence-electron chi connectivity index (χ3n) is 5.02. The molecule has 0 unspecified atom stereocenters. The zero-order valence-electron chi connectivity index (χ0n) is 12.2. The Kier molecular flexibility index (Phi) is 5.46. The average Bonchev–Trinajstić information content (AvgIpc) is 2.30. The van der Waals surface area contributed by atoms with Crippen molar-refractivity contribution in [2.45, 2.75) is 71.3 Å². The zero-order chi connectivity index (χ0) is 12.9. The molecule has 0 heterocycles. The van der Waals surface area contributed by atoms with Gasteiger partial charge >= 0.3 is 0 Å². The highest BCUT2D eigenvalue weighted by Crippen LogP contribution is 2.43. The van der Waals surface area contributed by atoms with Gasteiger partial charge in [0, 0.05) is 19.3 Å². The molecular weight excluding hydrogens is 210 g/mol. The Hall–Kier alpha value is -0.0800. The Morgan fingerprint density at radius 3 is 2.35 bits per heavy atom. The van der Waals surface area contributed by atoms with E-state index < -0.39 is 0 Å². The van der Waals surface area contributed by atoms with E-state index >= 15 is 0 Å². The second kappa shape index (κ2) is 6.19. The van der Waals surface area contributed by atoms with E-state index in [1.807, 2.05) is 0 Å². The van der Waals surface area contributed by atoms with E-state index in [1.54, 1.807) is 7.11 Å². The Morgan fingerprint density at radius 1 is 1.29 bits per heavy atom. The van der Waals surface area contributed by atoms with Gasteiger partial charge in [0.15, 0.2) is 0 Å². The molecule has 2 N–H and O–H groups in total. The predicted molar refractivity (Wildman–Crippen MR) is 74.1 cm³/mol. The summed E-state index contributed by atoms with van der Waals surface area (Å²) in [6.45, 7) is 7.98. The van der Waals surface area contributed by atoms with E-state index in [0.717, 1.165) is 25.4 Å². The van der Waals surface area contributed by atoms with Crippen molar-refractivity contribution >= 4 is 0 Å². The van der Waals surface area contributed by atoms with E-state index in [9.17, 15) is 0 Å². The van der Waals surface area contributed by atoms with Crippen LogP contribution in [0.25, 0.3) is 0 Å². The first-order valence-corrected chi connectivity index (χ1v) is 7.21. The van der Waals surface area contributed by atoms with E-state index in [4.69, 9.17) is 10.5 Å². The molecule has 0 aromatic rings. The summed E-state index contributed by atoms with van der Waals surface area (Å²) in [5.41, 5.74) is 7.08. The van der Waals surface area contributed by atoms with Crippen molar-refractivity contribution < 1.29 is 4.74 Å². The SMILES string of the molecule is CCC(C)(C)C1CCC(N)(CCCOC)CC1. The van der Waals surface area contributed by atoms with E-state index in [-0.39, 0.29) is 5.54 Å². The number of hydrogen-bond donors (Lipinski definition) is 1. The number of ether oxygens (including phenoxy) is 1. The summed E-state index contributed by atoms with van der Waals surface area (Å²) >= 11 is 0. The van der Waals surface area contributed by atoms with Crippen LogP contribution in [0, 0.1) is 11.3 Å². The van der Waals surface area contributed by atoms with Crippen LogP contribution in [-0.2, 0) is 4.74 Å². The van der Waals surface area contributed by atoms with Gasteiger partial charge in [-0.15, -0.1) is 0 Å². The number of methoxy groups -OCH3 is 1. The molecule has 0 bridgehead atoms. The first kappa shape index (κ1) is 15.0. The van der Waals surface area contributed by atoms with Crippen LogP contribution in [0.1, 0.15) is 65.7 Å². The smallest absolute Gasteiger partial charge is 0.0462 e. The fraction of sp³-hybridized carbons (Fsp3) is 1.00. The predicted octanol–water partition coefficient (Wildman–Crippen LogP) is 3.74. The standard InChI is InChI=1S/C15H31NO/c1-5-14(2,3)13-7-10-15(16,11-8-13)9-6-12-17-4/h13H,5-12,16H2,1-4H3. The van der Waals surface area contributed by atoms with Gasteiger partial charge in [0.1, 0.15) is 0 Å². The van der Waals surface area contributed by atoms with E-state index in [1.165, 1.54) is 32.1 Å². The van der Waals surface area contributed by atoms with Crippen LogP contribution in [0.5, 0.6) is 0 Å². The summed E-state index contributed by atoms with van der Waals surface area (Å²) < 4.78 is 5.12. The first-order chi connectivity index (χ1) is 7.93. The number of nitrogens with two attached hydrogens (primary N) is 1. The Labute approximate surface area is 107 Å². The molecule has 2 nitrogen and oxygen atoms in total. The van der Waals surface area contributed by atoms with Crippen molar-refractivity contribution in [3.63, 3.8) is 0 Å². The van der Waals surface area contributed by atoms with E-state index in [2.05, 4.69) is 20.8 Å². The van der Waals surface area contributed by atoms with Crippen molar-refractivity contribution in [1.82, 2.24) is 0 Å². The van der Waals surface area contributed by atoms with Crippen LogP contribution < -0.4 is 5.73 Å². The van der Waals surface area contributed by atoms with Crippen molar-refractivity contribution in [3.8, 4) is 0 Å². The van der Waals surface area contributed by atoms with Gasteiger partial charge in [-0.25, -0.2) is 0 Å². The van der Waals surface area contributed by atoms with Crippen molar-refractivity contribution in [2.24, 2.45) is 17.1 Å². The highest BCUT2D eigenvalue weighted by Gasteiger charge is 2.36. The van der Waals surface area contributed by atoms with Crippen LogP contribution in [0.3, 0.4) is 0 Å². The topological polar surface area (TPSA) is 35.2 Å². The van der Waals surface area contributed by atoms with Crippen molar-refractivity contribution in [3.05, 3.63) is 0 Å². The molecule has 0 atom stereocenters. The maximum Gasteiger partial charge on any atom is 0.0462 e. The molecule has 1 aliphatic carbocycles. The lowest BCUT2D eigenvalue weighted by atomic mass is 9.65. The quantitative estimate of drug-likeness (QED) is 0.719. The molecule has 0 saturated heterocycles. The van der Waals surface area contributed by atoms with Crippen LogP contribution in [0.4, 0.5) is 0 Å². The molecule has 0 aliphatic heterocycles. The molecule has 0 spiro atoms. The van der Waals surface area contributed by atoms with Crippen molar-refractivity contribution in [1.29, 1.82) is 0 Å². The third kappa shape index (κ3) is 4.26. The second-order valence-electron chi connectivity index (χ2n) is 6.58. The summed E-state index contributed by atoms with van der Waals surface area (Å²) in [5, 5.41) is 0. The molecule has 1 saturated carbocycles. The van der Waals surface area contributed by atoms with Crippen LogP contribution in [0.2, 0.25) is 0 Å². The highest BCUT2D eigenvalue weighted by molar-refractivity contribution is 4.93.